The first-order chi connectivity index (χ1) is 14.4. The summed E-state index contributed by atoms with van der Waals surface area (Å²) in [6.07, 6.45) is 2.41. The highest BCUT2D eigenvalue weighted by Gasteiger charge is 2.45. The van der Waals surface area contributed by atoms with Crippen LogP contribution in [0.2, 0.25) is 0 Å². The maximum atomic E-state index is 12.9. The molecular formula is C21H17F2N5O2. The van der Waals surface area contributed by atoms with Crippen LogP contribution in [0.4, 0.5) is 8.78 Å². The quantitative estimate of drug-likeness (QED) is 0.673. The van der Waals surface area contributed by atoms with Crippen LogP contribution in [0.1, 0.15) is 28.8 Å². The van der Waals surface area contributed by atoms with Crippen molar-refractivity contribution in [3.05, 3.63) is 59.9 Å². The number of rotatable bonds is 5. The van der Waals surface area contributed by atoms with E-state index in [0.717, 1.165) is 0 Å². The van der Waals surface area contributed by atoms with Gasteiger partial charge >= 0.3 is 0 Å². The highest BCUT2D eigenvalue weighted by molar-refractivity contribution is 5.93. The van der Waals surface area contributed by atoms with Gasteiger partial charge in [0, 0.05) is 25.6 Å². The number of nitriles is 1. The minimum Gasteiger partial charge on any atom is -0.493 e. The van der Waals surface area contributed by atoms with Gasteiger partial charge in [-0.3, -0.25) is 4.79 Å². The minimum absolute atomic E-state index is 0.129. The summed E-state index contributed by atoms with van der Waals surface area (Å²) in [5.74, 6) is -3.04. The summed E-state index contributed by atoms with van der Waals surface area (Å²) < 4.78 is 26.9. The van der Waals surface area contributed by atoms with Crippen molar-refractivity contribution in [2.45, 2.75) is 18.8 Å². The predicted octanol–water partition coefficient (Wildman–Crippen LogP) is 3.29. The molecule has 1 aromatic carbocycles. The summed E-state index contributed by atoms with van der Waals surface area (Å²) in [6, 6.07) is 11.8. The van der Waals surface area contributed by atoms with Gasteiger partial charge in [0.2, 0.25) is 11.8 Å². The number of amides is 1. The average Bonchev–Trinajstić information content (AvgIpc) is 3.12. The van der Waals surface area contributed by atoms with Crippen LogP contribution in [0.25, 0.3) is 16.9 Å². The third-order valence-corrected chi connectivity index (χ3v) is 5.02. The van der Waals surface area contributed by atoms with Crippen LogP contribution >= 0.6 is 0 Å². The number of hydrogen-bond donors (Lipinski definition) is 2. The maximum Gasteiger partial charge on any atom is 0.252 e. The second-order valence-electron chi connectivity index (χ2n) is 7.23. The lowest BCUT2D eigenvalue weighted by molar-refractivity contribution is -0.108. The van der Waals surface area contributed by atoms with E-state index in [1.165, 1.54) is 29.2 Å². The van der Waals surface area contributed by atoms with E-state index in [0.29, 0.717) is 22.5 Å². The van der Waals surface area contributed by atoms with E-state index in [1.807, 2.05) is 6.07 Å². The maximum absolute atomic E-state index is 12.9. The van der Waals surface area contributed by atoms with Crippen molar-refractivity contribution in [3.8, 4) is 28.9 Å². The number of nitrogens with one attached hydrogen (secondary N) is 1. The lowest BCUT2D eigenvalue weighted by Crippen LogP contribution is -2.42. The van der Waals surface area contributed by atoms with E-state index in [-0.39, 0.29) is 36.7 Å². The molecule has 1 saturated carbocycles. The zero-order valence-electron chi connectivity index (χ0n) is 15.7. The fourth-order valence-electron chi connectivity index (χ4n) is 3.35. The summed E-state index contributed by atoms with van der Waals surface area (Å²) in [4.78, 5) is 16.3. The molecule has 1 fully saturated rings. The Bertz CT molecular complexity index is 1110. The van der Waals surface area contributed by atoms with E-state index in [9.17, 15) is 18.7 Å². The monoisotopic (exact) mass is 409 g/mol. The van der Waals surface area contributed by atoms with Crippen molar-refractivity contribution in [2.24, 2.45) is 5.92 Å². The van der Waals surface area contributed by atoms with Gasteiger partial charge in [0.15, 0.2) is 5.82 Å². The van der Waals surface area contributed by atoms with E-state index in [4.69, 9.17) is 5.26 Å². The summed E-state index contributed by atoms with van der Waals surface area (Å²) in [5, 5.41) is 26.2. The van der Waals surface area contributed by atoms with Crippen LogP contribution in [-0.2, 0) is 0 Å². The van der Waals surface area contributed by atoms with Crippen molar-refractivity contribution in [3.63, 3.8) is 0 Å². The lowest BCUT2D eigenvalue weighted by Gasteiger charge is -2.34. The number of halogens is 2. The van der Waals surface area contributed by atoms with Crippen LogP contribution in [-0.4, -0.2) is 38.2 Å². The zero-order chi connectivity index (χ0) is 21.3. The Morgan fingerprint density at radius 2 is 1.97 bits per heavy atom. The molecule has 0 spiro atoms. The van der Waals surface area contributed by atoms with Crippen LogP contribution in [0, 0.1) is 17.2 Å². The summed E-state index contributed by atoms with van der Waals surface area (Å²) in [5.41, 5.74) is 1.95. The molecule has 30 heavy (non-hydrogen) atoms. The van der Waals surface area contributed by atoms with E-state index >= 15 is 0 Å². The number of aromatic nitrogens is 3. The van der Waals surface area contributed by atoms with Gasteiger partial charge in [-0.15, -0.1) is 0 Å². The molecule has 0 bridgehead atoms. The van der Waals surface area contributed by atoms with Gasteiger partial charge in [-0.25, -0.2) is 13.8 Å². The van der Waals surface area contributed by atoms with E-state index in [2.05, 4.69) is 15.4 Å². The second kappa shape index (κ2) is 7.55. The SMILES string of the molecule is N#Cc1ccc(-c2cnn(-c3ccc(C(=O)NCC4CC(F)(F)C4)cn3)c2O)cc1. The molecule has 2 aromatic heterocycles. The van der Waals surface area contributed by atoms with Crippen molar-refractivity contribution in [2.75, 3.05) is 6.54 Å². The topological polar surface area (TPSA) is 104 Å². The molecule has 0 saturated heterocycles. The average molecular weight is 409 g/mol. The second-order valence-corrected chi connectivity index (χ2v) is 7.23. The fourth-order valence-corrected chi connectivity index (χ4v) is 3.35. The predicted molar refractivity (Wildman–Crippen MR) is 103 cm³/mol. The highest BCUT2D eigenvalue weighted by Crippen LogP contribution is 2.41. The number of alkyl halides is 2. The van der Waals surface area contributed by atoms with Crippen molar-refractivity contribution in [1.29, 1.82) is 5.26 Å². The van der Waals surface area contributed by atoms with E-state index < -0.39 is 11.8 Å². The Morgan fingerprint density at radius 1 is 1.23 bits per heavy atom. The number of aromatic hydroxyl groups is 1. The Morgan fingerprint density at radius 3 is 2.57 bits per heavy atom. The van der Waals surface area contributed by atoms with Gasteiger partial charge in [-0.05, 0) is 35.7 Å². The smallest absolute Gasteiger partial charge is 0.252 e. The lowest BCUT2D eigenvalue weighted by atomic mass is 9.81. The number of pyridine rings is 1. The molecule has 0 unspecified atom stereocenters. The van der Waals surface area contributed by atoms with Crippen molar-refractivity contribution < 1.29 is 18.7 Å². The number of benzene rings is 1. The third kappa shape index (κ3) is 3.85. The Balaban J connectivity index is 1.44. The minimum atomic E-state index is -2.61. The van der Waals surface area contributed by atoms with Crippen molar-refractivity contribution in [1.82, 2.24) is 20.1 Å². The van der Waals surface area contributed by atoms with Gasteiger partial charge in [0.1, 0.15) is 0 Å². The fraction of sp³-hybridized carbons (Fsp3) is 0.238. The standard InChI is InChI=1S/C21H17F2N5O2/c22-21(23)7-14(8-21)10-26-19(29)16-5-6-18(25-11-16)28-20(30)17(12-27-28)15-3-1-13(9-24)2-4-15/h1-6,11-12,14,30H,7-8,10H2,(H,26,29). The Labute approximate surface area is 170 Å². The van der Waals surface area contributed by atoms with Crippen LogP contribution in [0.15, 0.2) is 48.8 Å². The molecule has 0 aliphatic heterocycles. The number of carbonyl (C=O) groups excluding carboxylic acids is 1. The summed E-state index contributed by atoms with van der Waals surface area (Å²) in [7, 11) is 0. The largest absolute Gasteiger partial charge is 0.493 e. The Kier molecular flexibility index (Phi) is 4.91. The van der Waals surface area contributed by atoms with Gasteiger partial charge < -0.3 is 10.4 Å². The molecule has 0 atom stereocenters. The first-order valence-corrected chi connectivity index (χ1v) is 9.26. The zero-order valence-corrected chi connectivity index (χ0v) is 15.7. The molecule has 1 amide bonds. The van der Waals surface area contributed by atoms with Crippen LogP contribution in [0.5, 0.6) is 5.88 Å². The molecule has 2 heterocycles. The van der Waals surface area contributed by atoms with Crippen molar-refractivity contribution >= 4 is 5.91 Å². The molecule has 3 aromatic rings. The molecule has 0 radical (unpaired) electrons. The molecule has 1 aliphatic rings. The molecule has 152 valence electrons. The number of nitrogens with zero attached hydrogens (tertiary/aromatic N) is 4. The Hall–Kier alpha value is -3.80. The molecule has 9 heteroatoms. The molecule has 7 nitrogen and oxygen atoms in total. The third-order valence-electron chi connectivity index (χ3n) is 5.02. The summed E-state index contributed by atoms with van der Waals surface area (Å²) >= 11 is 0. The van der Waals surface area contributed by atoms with Gasteiger partial charge in [0.25, 0.3) is 5.91 Å². The number of carbonyl (C=O) groups is 1. The molecule has 2 N–H and O–H groups in total. The highest BCUT2D eigenvalue weighted by atomic mass is 19.3. The van der Waals surface area contributed by atoms with Crippen LogP contribution in [0.3, 0.4) is 0 Å². The van der Waals surface area contributed by atoms with Gasteiger partial charge in [-0.2, -0.15) is 15.0 Å². The molecule has 4 rings (SSSR count). The molecular weight excluding hydrogens is 392 g/mol. The summed E-state index contributed by atoms with van der Waals surface area (Å²) in [6.45, 7) is 0.198. The number of hydrogen-bond acceptors (Lipinski definition) is 5. The first kappa shape index (κ1) is 19.5. The van der Waals surface area contributed by atoms with Crippen LogP contribution < -0.4 is 5.32 Å². The van der Waals surface area contributed by atoms with Gasteiger partial charge in [0.05, 0.1) is 29.0 Å². The molecule has 1 aliphatic carbocycles. The van der Waals surface area contributed by atoms with Gasteiger partial charge in [-0.1, -0.05) is 12.1 Å². The first-order valence-electron chi connectivity index (χ1n) is 9.26. The normalized spacial score (nSPS) is 15.2. The van der Waals surface area contributed by atoms with E-state index in [1.54, 1.807) is 24.3 Å².